The Hall–Kier alpha value is -0.560. The van der Waals surface area contributed by atoms with Gasteiger partial charge in [0, 0.05) is 6.54 Å². The fourth-order valence-electron chi connectivity index (χ4n) is 4.39. The molecular weight excluding hydrogens is 290 g/mol. The van der Waals surface area contributed by atoms with Gasteiger partial charge in [0.25, 0.3) is 0 Å². The second kappa shape index (κ2) is 11.1. The van der Waals surface area contributed by atoms with Gasteiger partial charge in [0.05, 0.1) is 0 Å². The summed E-state index contributed by atoms with van der Waals surface area (Å²) in [4.78, 5) is 2.53. The maximum Gasteiger partial charge on any atom is 0.00355 e. The summed E-state index contributed by atoms with van der Waals surface area (Å²) in [5.74, 6) is 0.851. The van der Waals surface area contributed by atoms with Crippen LogP contribution in [0.25, 0.3) is 0 Å². The predicted molar refractivity (Wildman–Crippen MR) is 110 cm³/mol. The quantitative estimate of drug-likeness (QED) is 0.348. The first-order valence-corrected chi connectivity index (χ1v) is 10.4. The number of nitrogens with zero attached hydrogens (tertiary/aromatic N) is 1. The molecule has 0 bridgehead atoms. The molecule has 1 saturated heterocycles. The Balaban J connectivity index is 2.47. The highest BCUT2D eigenvalue weighted by atomic mass is 15.1. The minimum Gasteiger partial charge on any atom is -0.306 e. The van der Waals surface area contributed by atoms with Crippen molar-refractivity contribution in [2.45, 2.75) is 91.9 Å². The van der Waals surface area contributed by atoms with Gasteiger partial charge in [0.1, 0.15) is 0 Å². The van der Waals surface area contributed by atoms with Crippen LogP contribution in [0, 0.1) is 11.3 Å². The summed E-state index contributed by atoms with van der Waals surface area (Å²) in [7, 11) is 2.29. The molecule has 24 heavy (non-hydrogen) atoms. The molecule has 0 aromatic carbocycles. The monoisotopic (exact) mass is 333 g/mol. The van der Waals surface area contributed by atoms with Crippen LogP contribution in [-0.2, 0) is 0 Å². The third-order valence-corrected chi connectivity index (χ3v) is 5.94. The molecule has 1 heteroatoms. The number of likely N-dealkylation sites (tertiary alicyclic amines) is 1. The first-order chi connectivity index (χ1) is 11.4. The standard InChI is InChI=1S/C23H43N/c1-7-9-22(12-10-20(3)4)13-11-21(5)14-16-23(15-8-2)17-18-24(6)19-23/h11,22H,3,7-10,12-19H2,1-2,4-6H3/b21-11-. The average Bonchev–Trinajstić information content (AvgIpc) is 2.89. The minimum atomic E-state index is 0.599. The molecule has 1 aliphatic heterocycles. The van der Waals surface area contributed by atoms with Crippen molar-refractivity contribution in [1.29, 1.82) is 0 Å². The Kier molecular flexibility index (Phi) is 9.96. The first kappa shape index (κ1) is 21.5. The molecule has 0 radical (unpaired) electrons. The zero-order chi connectivity index (χ0) is 18.0. The SMILES string of the molecule is C=C(C)CCC(C/C=C(/C)CCC1(CCC)CCN(C)C1)CCC. The van der Waals surface area contributed by atoms with Crippen molar-refractivity contribution in [2.24, 2.45) is 11.3 Å². The fourth-order valence-corrected chi connectivity index (χ4v) is 4.39. The van der Waals surface area contributed by atoms with Gasteiger partial charge in [-0.2, -0.15) is 0 Å². The first-order valence-electron chi connectivity index (χ1n) is 10.4. The van der Waals surface area contributed by atoms with Crippen molar-refractivity contribution in [2.75, 3.05) is 20.1 Å². The van der Waals surface area contributed by atoms with Crippen LogP contribution in [0.1, 0.15) is 91.9 Å². The second-order valence-corrected chi connectivity index (χ2v) is 8.67. The van der Waals surface area contributed by atoms with E-state index in [-0.39, 0.29) is 0 Å². The summed E-state index contributed by atoms with van der Waals surface area (Å²) in [6, 6.07) is 0. The molecular formula is C23H43N. The van der Waals surface area contributed by atoms with E-state index in [0.29, 0.717) is 5.41 Å². The Morgan fingerprint density at radius 2 is 1.88 bits per heavy atom. The zero-order valence-electron chi connectivity index (χ0n) is 17.3. The third-order valence-electron chi connectivity index (χ3n) is 5.94. The van der Waals surface area contributed by atoms with Gasteiger partial charge in [-0.1, -0.05) is 50.3 Å². The maximum atomic E-state index is 4.07. The van der Waals surface area contributed by atoms with E-state index in [1.807, 2.05) is 0 Å². The molecule has 1 nitrogen and oxygen atoms in total. The van der Waals surface area contributed by atoms with Crippen molar-refractivity contribution < 1.29 is 0 Å². The van der Waals surface area contributed by atoms with Crippen molar-refractivity contribution in [3.8, 4) is 0 Å². The van der Waals surface area contributed by atoms with Crippen LogP contribution >= 0.6 is 0 Å². The number of hydrogen-bond donors (Lipinski definition) is 0. The van der Waals surface area contributed by atoms with Crippen LogP contribution in [0.4, 0.5) is 0 Å². The molecule has 0 aromatic rings. The molecule has 0 N–H and O–H groups in total. The van der Waals surface area contributed by atoms with E-state index in [2.05, 4.69) is 52.3 Å². The molecule has 0 spiro atoms. The summed E-state index contributed by atoms with van der Waals surface area (Å²) in [5, 5.41) is 0. The summed E-state index contributed by atoms with van der Waals surface area (Å²) < 4.78 is 0. The van der Waals surface area contributed by atoms with Crippen molar-refractivity contribution in [3.05, 3.63) is 23.8 Å². The lowest BCUT2D eigenvalue weighted by atomic mass is 9.77. The lowest BCUT2D eigenvalue weighted by Crippen LogP contribution is -2.25. The molecule has 0 amide bonds. The minimum absolute atomic E-state index is 0.599. The van der Waals surface area contributed by atoms with E-state index >= 15 is 0 Å². The highest BCUT2D eigenvalue weighted by molar-refractivity contribution is 5.02. The predicted octanol–water partition coefficient (Wildman–Crippen LogP) is 7.00. The van der Waals surface area contributed by atoms with Crippen LogP contribution in [0.15, 0.2) is 23.8 Å². The highest BCUT2D eigenvalue weighted by Gasteiger charge is 2.35. The highest BCUT2D eigenvalue weighted by Crippen LogP contribution is 2.39. The smallest absolute Gasteiger partial charge is 0.00355 e. The average molecular weight is 334 g/mol. The summed E-state index contributed by atoms with van der Waals surface area (Å²) >= 11 is 0. The molecule has 1 rings (SSSR count). The molecule has 0 aromatic heterocycles. The van der Waals surface area contributed by atoms with E-state index in [1.54, 1.807) is 5.57 Å². The van der Waals surface area contributed by atoms with Crippen LogP contribution in [0.5, 0.6) is 0 Å². The van der Waals surface area contributed by atoms with Crippen molar-refractivity contribution in [3.63, 3.8) is 0 Å². The van der Waals surface area contributed by atoms with Crippen LogP contribution in [0.3, 0.4) is 0 Å². The van der Waals surface area contributed by atoms with Gasteiger partial charge in [-0.05, 0) is 83.7 Å². The molecule has 1 heterocycles. The summed E-state index contributed by atoms with van der Waals surface area (Å²) in [6.45, 7) is 15.9. The van der Waals surface area contributed by atoms with Crippen molar-refractivity contribution >= 4 is 0 Å². The fraction of sp³-hybridized carbons (Fsp3) is 0.826. The van der Waals surface area contributed by atoms with Gasteiger partial charge in [-0.3, -0.25) is 0 Å². The summed E-state index contributed by atoms with van der Waals surface area (Å²) in [6.07, 6.45) is 15.8. The van der Waals surface area contributed by atoms with Crippen LogP contribution in [0.2, 0.25) is 0 Å². The lowest BCUT2D eigenvalue weighted by Gasteiger charge is -2.29. The Bertz CT molecular complexity index is 391. The third kappa shape index (κ3) is 8.01. The van der Waals surface area contributed by atoms with Gasteiger partial charge in [0.2, 0.25) is 0 Å². The summed E-state index contributed by atoms with van der Waals surface area (Å²) in [5.41, 5.74) is 3.56. The second-order valence-electron chi connectivity index (χ2n) is 8.67. The van der Waals surface area contributed by atoms with E-state index in [4.69, 9.17) is 0 Å². The van der Waals surface area contributed by atoms with E-state index in [9.17, 15) is 0 Å². The molecule has 2 atom stereocenters. The van der Waals surface area contributed by atoms with E-state index < -0.39 is 0 Å². The van der Waals surface area contributed by atoms with E-state index in [0.717, 1.165) is 5.92 Å². The number of allylic oxidation sites excluding steroid dienone is 3. The van der Waals surface area contributed by atoms with Crippen LogP contribution < -0.4 is 0 Å². The van der Waals surface area contributed by atoms with Gasteiger partial charge in [-0.25, -0.2) is 0 Å². The largest absolute Gasteiger partial charge is 0.306 e. The van der Waals surface area contributed by atoms with Crippen LogP contribution in [-0.4, -0.2) is 25.0 Å². The molecule has 1 aliphatic rings. The Labute approximate surface area is 152 Å². The van der Waals surface area contributed by atoms with Gasteiger partial charge < -0.3 is 4.90 Å². The Morgan fingerprint density at radius 1 is 1.12 bits per heavy atom. The molecule has 0 saturated carbocycles. The lowest BCUT2D eigenvalue weighted by molar-refractivity contribution is 0.238. The molecule has 2 unspecified atom stereocenters. The topological polar surface area (TPSA) is 3.24 Å². The zero-order valence-corrected chi connectivity index (χ0v) is 17.3. The normalized spacial score (nSPS) is 23.6. The van der Waals surface area contributed by atoms with Gasteiger partial charge >= 0.3 is 0 Å². The molecule has 140 valence electrons. The van der Waals surface area contributed by atoms with Gasteiger partial charge in [-0.15, -0.1) is 6.58 Å². The van der Waals surface area contributed by atoms with Gasteiger partial charge in [0.15, 0.2) is 0 Å². The molecule has 1 fully saturated rings. The van der Waals surface area contributed by atoms with Crippen molar-refractivity contribution in [1.82, 2.24) is 4.90 Å². The number of hydrogen-bond acceptors (Lipinski definition) is 1. The Morgan fingerprint density at radius 3 is 2.42 bits per heavy atom. The molecule has 0 aliphatic carbocycles. The number of rotatable bonds is 12. The maximum absolute atomic E-state index is 4.07. The van der Waals surface area contributed by atoms with E-state index in [1.165, 1.54) is 82.9 Å².